The van der Waals surface area contributed by atoms with Crippen LogP contribution in [0.3, 0.4) is 0 Å². The molecule has 1 N–H and O–H groups in total. The van der Waals surface area contributed by atoms with Gasteiger partial charge in [-0.1, -0.05) is 23.8 Å². The first-order valence-corrected chi connectivity index (χ1v) is 5.05. The molecule has 1 heteroatoms. The van der Waals surface area contributed by atoms with E-state index in [1.807, 2.05) is 13.0 Å². The van der Waals surface area contributed by atoms with E-state index in [0.29, 0.717) is 5.92 Å². The first-order valence-electron chi connectivity index (χ1n) is 5.05. The molecule has 2 unspecified atom stereocenters. The largest absolute Gasteiger partial charge is 0.386 e. The zero-order valence-corrected chi connectivity index (χ0v) is 8.88. The number of aliphatic hydroxyl groups is 1. The summed E-state index contributed by atoms with van der Waals surface area (Å²) < 4.78 is 0. The summed E-state index contributed by atoms with van der Waals surface area (Å²) in [7, 11) is 0. The zero-order chi connectivity index (χ0) is 9.90. The molecular weight excluding hydrogens is 160 g/mol. The van der Waals surface area contributed by atoms with E-state index >= 15 is 0 Å². The highest BCUT2D eigenvalue weighted by Crippen LogP contribution is 2.27. The van der Waals surface area contributed by atoms with Gasteiger partial charge in [0, 0.05) is 0 Å². The van der Waals surface area contributed by atoms with Gasteiger partial charge in [-0.3, -0.25) is 0 Å². The van der Waals surface area contributed by atoms with Gasteiger partial charge in [0.2, 0.25) is 0 Å². The first kappa shape index (κ1) is 10.5. The third-order valence-electron chi connectivity index (χ3n) is 2.58. The highest BCUT2D eigenvalue weighted by Gasteiger charge is 2.22. The highest BCUT2D eigenvalue weighted by molar-refractivity contribution is 5.08. The molecule has 1 rings (SSSR count). The quantitative estimate of drug-likeness (QED) is 0.647. The molecule has 0 heterocycles. The van der Waals surface area contributed by atoms with Gasteiger partial charge in [0.1, 0.15) is 0 Å². The van der Waals surface area contributed by atoms with Crippen molar-refractivity contribution < 1.29 is 5.11 Å². The van der Waals surface area contributed by atoms with E-state index in [0.717, 1.165) is 19.3 Å². The Labute approximate surface area is 81.2 Å². The van der Waals surface area contributed by atoms with Crippen molar-refractivity contribution in [2.45, 2.75) is 45.6 Å². The fraction of sp³-hybridized carbons (Fsp3) is 0.667. The minimum Gasteiger partial charge on any atom is -0.386 e. The minimum absolute atomic E-state index is 0.554. The molecule has 1 nitrogen and oxygen atoms in total. The lowest BCUT2D eigenvalue weighted by atomic mass is 9.85. The molecule has 74 valence electrons. The van der Waals surface area contributed by atoms with Crippen molar-refractivity contribution >= 4 is 0 Å². The lowest BCUT2D eigenvalue weighted by molar-refractivity contribution is 0.0883. The van der Waals surface area contributed by atoms with Crippen LogP contribution in [0.1, 0.15) is 40.0 Å². The monoisotopic (exact) mass is 180 g/mol. The standard InChI is InChI=1S/C12H20O/c1-10(2)4-5-11-6-8-12(3,13)9-7-11/h4,6,8,11,13H,5,7,9H2,1-3H3. The lowest BCUT2D eigenvalue weighted by Gasteiger charge is -2.26. The summed E-state index contributed by atoms with van der Waals surface area (Å²) in [5, 5.41) is 9.67. The number of hydrogen-bond acceptors (Lipinski definition) is 1. The summed E-state index contributed by atoms with van der Waals surface area (Å²) in [6, 6.07) is 0. The third-order valence-corrected chi connectivity index (χ3v) is 2.58. The Balaban J connectivity index is 2.45. The summed E-state index contributed by atoms with van der Waals surface area (Å²) in [6.45, 7) is 6.13. The topological polar surface area (TPSA) is 20.2 Å². The number of allylic oxidation sites excluding steroid dienone is 3. The van der Waals surface area contributed by atoms with E-state index in [1.165, 1.54) is 5.57 Å². The molecule has 1 aliphatic rings. The molecule has 0 saturated heterocycles. The van der Waals surface area contributed by atoms with Crippen LogP contribution in [0.4, 0.5) is 0 Å². The molecule has 1 aliphatic carbocycles. The third kappa shape index (κ3) is 3.77. The fourth-order valence-electron chi connectivity index (χ4n) is 1.58. The van der Waals surface area contributed by atoms with Gasteiger partial charge in [-0.2, -0.15) is 0 Å². The summed E-state index contributed by atoms with van der Waals surface area (Å²) >= 11 is 0. The zero-order valence-electron chi connectivity index (χ0n) is 8.88. The van der Waals surface area contributed by atoms with Gasteiger partial charge in [0.05, 0.1) is 5.60 Å². The molecule has 2 atom stereocenters. The van der Waals surface area contributed by atoms with Crippen molar-refractivity contribution in [2.24, 2.45) is 5.92 Å². The van der Waals surface area contributed by atoms with E-state index in [-0.39, 0.29) is 0 Å². The average molecular weight is 180 g/mol. The summed E-state index contributed by atoms with van der Waals surface area (Å²) in [4.78, 5) is 0. The van der Waals surface area contributed by atoms with Gasteiger partial charge in [-0.05, 0) is 46.0 Å². The van der Waals surface area contributed by atoms with Crippen LogP contribution in [0.25, 0.3) is 0 Å². The Morgan fingerprint density at radius 1 is 1.62 bits per heavy atom. The second kappa shape index (κ2) is 4.10. The molecule has 0 spiro atoms. The van der Waals surface area contributed by atoms with Crippen LogP contribution in [-0.2, 0) is 0 Å². The van der Waals surface area contributed by atoms with E-state index in [4.69, 9.17) is 0 Å². The van der Waals surface area contributed by atoms with E-state index < -0.39 is 5.60 Å². The van der Waals surface area contributed by atoms with Crippen molar-refractivity contribution in [2.75, 3.05) is 0 Å². The van der Waals surface area contributed by atoms with Crippen LogP contribution < -0.4 is 0 Å². The maximum absolute atomic E-state index is 9.67. The van der Waals surface area contributed by atoms with Gasteiger partial charge in [0.15, 0.2) is 0 Å². The normalized spacial score (nSPS) is 33.1. The number of hydrogen-bond donors (Lipinski definition) is 1. The molecule has 0 bridgehead atoms. The predicted molar refractivity (Wildman–Crippen MR) is 56.5 cm³/mol. The SMILES string of the molecule is CC(C)=CCC1C=CC(C)(O)CC1. The molecule has 0 radical (unpaired) electrons. The van der Waals surface area contributed by atoms with Crippen LogP contribution >= 0.6 is 0 Å². The smallest absolute Gasteiger partial charge is 0.0800 e. The lowest BCUT2D eigenvalue weighted by Crippen LogP contribution is -2.25. The summed E-state index contributed by atoms with van der Waals surface area (Å²) in [6.07, 6.45) is 9.49. The van der Waals surface area contributed by atoms with Crippen LogP contribution in [0.2, 0.25) is 0 Å². The number of rotatable bonds is 2. The average Bonchev–Trinajstić information content (AvgIpc) is 2.02. The van der Waals surface area contributed by atoms with E-state index in [1.54, 1.807) is 0 Å². The van der Waals surface area contributed by atoms with Gasteiger partial charge in [-0.15, -0.1) is 0 Å². The van der Waals surface area contributed by atoms with E-state index in [2.05, 4.69) is 26.0 Å². The van der Waals surface area contributed by atoms with Crippen molar-refractivity contribution in [3.05, 3.63) is 23.8 Å². The fourth-order valence-corrected chi connectivity index (χ4v) is 1.58. The van der Waals surface area contributed by atoms with Crippen LogP contribution in [-0.4, -0.2) is 10.7 Å². The van der Waals surface area contributed by atoms with Crippen LogP contribution in [0, 0.1) is 5.92 Å². The van der Waals surface area contributed by atoms with Crippen molar-refractivity contribution in [3.8, 4) is 0 Å². The molecule has 0 amide bonds. The second-order valence-electron chi connectivity index (χ2n) is 4.53. The predicted octanol–water partition coefficient (Wildman–Crippen LogP) is 3.06. The van der Waals surface area contributed by atoms with Gasteiger partial charge < -0.3 is 5.11 Å². The maximum Gasteiger partial charge on any atom is 0.0800 e. The minimum atomic E-state index is -0.554. The van der Waals surface area contributed by atoms with E-state index in [9.17, 15) is 5.11 Å². The van der Waals surface area contributed by atoms with Gasteiger partial charge >= 0.3 is 0 Å². The Bertz CT molecular complexity index is 219. The van der Waals surface area contributed by atoms with Crippen molar-refractivity contribution in [1.82, 2.24) is 0 Å². The van der Waals surface area contributed by atoms with Crippen LogP contribution in [0.5, 0.6) is 0 Å². The highest BCUT2D eigenvalue weighted by atomic mass is 16.3. The molecule has 0 aromatic rings. The Morgan fingerprint density at radius 3 is 2.77 bits per heavy atom. The van der Waals surface area contributed by atoms with Gasteiger partial charge in [-0.25, -0.2) is 0 Å². The first-order chi connectivity index (χ1) is 5.99. The van der Waals surface area contributed by atoms with Crippen molar-refractivity contribution in [3.63, 3.8) is 0 Å². The molecule has 0 aliphatic heterocycles. The molecule has 13 heavy (non-hydrogen) atoms. The summed E-state index contributed by atoms with van der Waals surface area (Å²) in [5.41, 5.74) is 0.826. The molecule has 0 aromatic carbocycles. The molecule has 0 saturated carbocycles. The molecular formula is C12H20O. The molecule has 0 fully saturated rings. The Kier molecular flexibility index (Phi) is 3.32. The van der Waals surface area contributed by atoms with Crippen LogP contribution in [0.15, 0.2) is 23.8 Å². The summed E-state index contributed by atoms with van der Waals surface area (Å²) in [5.74, 6) is 0.634. The Hall–Kier alpha value is -0.560. The maximum atomic E-state index is 9.67. The second-order valence-corrected chi connectivity index (χ2v) is 4.53. The Morgan fingerprint density at radius 2 is 2.31 bits per heavy atom. The van der Waals surface area contributed by atoms with Crippen molar-refractivity contribution in [1.29, 1.82) is 0 Å². The molecule has 0 aromatic heterocycles. The van der Waals surface area contributed by atoms with Gasteiger partial charge in [0.25, 0.3) is 0 Å².